The van der Waals surface area contributed by atoms with Crippen molar-refractivity contribution in [1.29, 1.82) is 0 Å². The van der Waals surface area contributed by atoms with Gasteiger partial charge in [-0.15, -0.1) is 11.3 Å². The molecule has 6 nitrogen and oxygen atoms in total. The highest BCUT2D eigenvalue weighted by Crippen LogP contribution is 2.33. The van der Waals surface area contributed by atoms with E-state index < -0.39 is 6.04 Å². The zero-order valence-electron chi connectivity index (χ0n) is 16.5. The van der Waals surface area contributed by atoms with Gasteiger partial charge in [-0.25, -0.2) is 4.98 Å². The lowest BCUT2D eigenvalue weighted by Crippen LogP contribution is -2.50. The van der Waals surface area contributed by atoms with Crippen LogP contribution in [-0.2, 0) is 4.79 Å². The third kappa shape index (κ3) is 5.01. The number of likely N-dealkylation sites (tertiary alicyclic amines) is 1. The number of carbonyl (C=O) groups is 2. The number of rotatable bonds is 5. The lowest BCUT2D eigenvalue weighted by atomic mass is 10.0. The Morgan fingerprint density at radius 3 is 2.68 bits per heavy atom. The van der Waals surface area contributed by atoms with Crippen molar-refractivity contribution in [1.82, 2.24) is 9.88 Å². The van der Waals surface area contributed by atoms with Crippen molar-refractivity contribution in [2.24, 2.45) is 0 Å². The summed E-state index contributed by atoms with van der Waals surface area (Å²) in [5.41, 5.74) is 1.62. The molecule has 0 radical (unpaired) electrons. The molecule has 9 heteroatoms. The topological polar surface area (TPSA) is 74.3 Å². The molecular formula is C22H20Cl2N4O2S. The van der Waals surface area contributed by atoms with Gasteiger partial charge in [0, 0.05) is 17.6 Å². The Hall–Kier alpha value is -2.61. The summed E-state index contributed by atoms with van der Waals surface area (Å²) in [5, 5.41) is 9.03. The number of anilines is 3. The summed E-state index contributed by atoms with van der Waals surface area (Å²) in [4.78, 5) is 32.1. The average Bonchev–Trinajstić information content (AvgIpc) is 3.26. The van der Waals surface area contributed by atoms with E-state index in [4.69, 9.17) is 23.2 Å². The van der Waals surface area contributed by atoms with Crippen LogP contribution in [0.25, 0.3) is 0 Å². The third-order valence-corrected chi connectivity index (χ3v) is 6.60. The number of nitrogens with one attached hydrogen (secondary N) is 2. The number of benzene rings is 2. The van der Waals surface area contributed by atoms with E-state index in [-0.39, 0.29) is 11.8 Å². The minimum absolute atomic E-state index is 0.182. The van der Waals surface area contributed by atoms with Crippen LogP contribution in [0.5, 0.6) is 0 Å². The second-order valence-electron chi connectivity index (χ2n) is 7.13. The first-order valence-electron chi connectivity index (χ1n) is 9.86. The molecule has 0 bridgehead atoms. The second-order valence-corrected chi connectivity index (χ2v) is 8.77. The highest BCUT2D eigenvalue weighted by atomic mass is 35.5. The standard InChI is InChI=1S/C22H20Cl2N4O2S/c23-15-9-6-10-16(19(15)24)26-22-27-17(13-31-22)21(30)28-12-5-4-11-18(28)20(29)25-14-7-2-1-3-8-14/h1-3,6-10,13,18H,4-5,11-12H2,(H,25,29)(H,26,27). The number of carbonyl (C=O) groups excluding carboxylic acids is 2. The molecule has 1 fully saturated rings. The lowest BCUT2D eigenvalue weighted by Gasteiger charge is -2.34. The van der Waals surface area contributed by atoms with Gasteiger partial charge in [-0.05, 0) is 43.5 Å². The Morgan fingerprint density at radius 1 is 1.06 bits per heavy atom. The van der Waals surface area contributed by atoms with Gasteiger partial charge in [0.1, 0.15) is 11.7 Å². The molecule has 0 saturated carbocycles. The molecule has 1 unspecified atom stereocenters. The van der Waals surface area contributed by atoms with E-state index >= 15 is 0 Å². The van der Waals surface area contributed by atoms with Crippen molar-refractivity contribution in [2.75, 3.05) is 17.2 Å². The summed E-state index contributed by atoms with van der Waals surface area (Å²) in [7, 11) is 0. The summed E-state index contributed by atoms with van der Waals surface area (Å²) >= 11 is 13.6. The summed E-state index contributed by atoms with van der Waals surface area (Å²) in [5.74, 6) is -0.437. The maximum atomic E-state index is 13.2. The smallest absolute Gasteiger partial charge is 0.274 e. The van der Waals surface area contributed by atoms with Crippen molar-refractivity contribution in [2.45, 2.75) is 25.3 Å². The fourth-order valence-electron chi connectivity index (χ4n) is 3.49. The molecule has 31 heavy (non-hydrogen) atoms. The lowest BCUT2D eigenvalue weighted by molar-refractivity contribution is -0.121. The third-order valence-electron chi connectivity index (χ3n) is 5.02. The number of para-hydroxylation sites is 1. The molecule has 1 aliphatic rings. The van der Waals surface area contributed by atoms with Gasteiger partial charge in [0.15, 0.2) is 5.13 Å². The molecule has 160 valence electrons. The van der Waals surface area contributed by atoms with Gasteiger partial charge in [-0.2, -0.15) is 0 Å². The minimum atomic E-state index is -0.526. The fraction of sp³-hybridized carbons (Fsp3) is 0.227. The molecule has 1 atom stereocenters. The molecule has 3 aromatic rings. The van der Waals surface area contributed by atoms with Crippen LogP contribution < -0.4 is 10.6 Å². The highest BCUT2D eigenvalue weighted by molar-refractivity contribution is 7.14. The monoisotopic (exact) mass is 474 g/mol. The predicted octanol–water partition coefficient (Wildman–Crippen LogP) is 5.83. The van der Waals surface area contributed by atoms with Gasteiger partial charge >= 0.3 is 0 Å². The van der Waals surface area contributed by atoms with Crippen LogP contribution in [-0.4, -0.2) is 34.3 Å². The fourth-order valence-corrected chi connectivity index (χ4v) is 4.53. The van der Waals surface area contributed by atoms with E-state index in [0.717, 1.165) is 12.8 Å². The molecule has 2 heterocycles. The van der Waals surface area contributed by atoms with Crippen molar-refractivity contribution < 1.29 is 9.59 Å². The first kappa shape index (κ1) is 21.6. The highest BCUT2D eigenvalue weighted by Gasteiger charge is 2.33. The van der Waals surface area contributed by atoms with Crippen LogP contribution in [0.2, 0.25) is 10.0 Å². The Morgan fingerprint density at radius 2 is 1.87 bits per heavy atom. The average molecular weight is 475 g/mol. The van der Waals surface area contributed by atoms with Crippen molar-refractivity contribution in [3.63, 3.8) is 0 Å². The number of thiazole rings is 1. The molecule has 2 aromatic carbocycles. The second kappa shape index (κ2) is 9.68. The molecule has 2 N–H and O–H groups in total. The van der Waals surface area contributed by atoms with E-state index in [2.05, 4.69) is 15.6 Å². The van der Waals surface area contributed by atoms with Gasteiger partial charge < -0.3 is 15.5 Å². The number of hydrogen-bond acceptors (Lipinski definition) is 5. The van der Waals surface area contributed by atoms with Gasteiger partial charge in [-0.1, -0.05) is 47.5 Å². The van der Waals surface area contributed by atoms with E-state index in [1.807, 2.05) is 30.3 Å². The number of hydrogen-bond donors (Lipinski definition) is 2. The number of amides is 2. The molecule has 0 spiro atoms. The van der Waals surface area contributed by atoms with Crippen LogP contribution in [0, 0.1) is 0 Å². The van der Waals surface area contributed by atoms with Crippen molar-refractivity contribution in [3.8, 4) is 0 Å². The number of piperidine rings is 1. The predicted molar refractivity (Wildman–Crippen MR) is 126 cm³/mol. The number of nitrogens with zero attached hydrogens (tertiary/aromatic N) is 2. The molecule has 1 saturated heterocycles. The molecule has 4 rings (SSSR count). The number of halogens is 2. The van der Waals surface area contributed by atoms with E-state index in [1.54, 1.807) is 28.5 Å². The Balaban J connectivity index is 1.48. The Kier molecular flexibility index (Phi) is 6.75. The van der Waals surface area contributed by atoms with E-state index in [0.29, 0.717) is 45.2 Å². The quantitative estimate of drug-likeness (QED) is 0.487. The summed E-state index contributed by atoms with van der Waals surface area (Å²) in [6.07, 6.45) is 2.37. The first-order chi connectivity index (χ1) is 15.0. The molecule has 0 aliphatic carbocycles. The zero-order chi connectivity index (χ0) is 21.8. The van der Waals surface area contributed by atoms with Gasteiger partial charge in [0.25, 0.3) is 5.91 Å². The van der Waals surface area contributed by atoms with Crippen LogP contribution in [0.3, 0.4) is 0 Å². The van der Waals surface area contributed by atoms with Crippen molar-refractivity contribution in [3.05, 3.63) is 69.7 Å². The zero-order valence-corrected chi connectivity index (χ0v) is 18.8. The maximum Gasteiger partial charge on any atom is 0.274 e. The summed E-state index contributed by atoms with van der Waals surface area (Å²) < 4.78 is 0. The van der Waals surface area contributed by atoms with Gasteiger partial charge in [0.2, 0.25) is 5.91 Å². The number of aromatic nitrogens is 1. The summed E-state index contributed by atoms with van der Waals surface area (Å²) in [6, 6.07) is 14.0. The van der Waals surface area contributed by atoms with E-state index in [1.165, 1.54) is 11.3 Å². The normalized spacial score (nSPS) is 16.1. The van der Waals surface area contributed by atoms with Crippen LogP contribution >= 0.6 is 34.5 Å². The van der Waals surface area contributed by atoms with Crippen molar-refractivity contribution >= 4 is 62.9 Å². The Bertz CT molecular complexity index is 1090. The molecular weight excluding hydrogens is 455 g/mol. The van der Waals surface area contributed by atoms with Gasteiger partial charge in [0.05, 0.1) is 15.7 Å². The largest absolute Gasteiger partial charge is 0.330 e. The molecule has 1 aromatic heterocycles. The molecule has 1 aliphatic heterocycles. The summed E-state index contributed by atoms with van der Waals surface area (Å²) in [6.45, 7) is 0.520. The maximum absolute atomic E-state index is 13.2. The van der Waals surface area contributed by atoms with Crippen LogP contribution in [0.4, 0.5) is 16.5 Å². The minimum Gasteiger partial charge on any atom is -0.330 e. The molecule has 2 amide bonds. The first-order valence-corrected chi connectivity index (χ1v) is 11.5. The van der Waals surface area contributed by atoms with E-state index in [9.17, 15) is 9.59 Å². The SMILES string of the molecule is O=C(Nc1ccccc1)C1CCCCN1C(=O)c1csc(Nc2cccc(Cl)c2Cl)n1. The Labute approximate surface area is 194 Å². The van der Waals surface area contributed by atoms with Gasteiger partial charge in [-0.3, -0.25) is 9.59 Å². The van der Waals surface area contributed by atoms with Crippen LogP contribution in [0.1, 0.15) is 29.8 Å². The van der Waals surface area contributed by atoms with Crippen LogP contribution in [0.15, 0.2) is 53.9 Å².